The molecule has 0 saturated carbocycles. The number of hydrogen-bond acceptors (Lipinski definition) is 19. The van der Waals surface area contributed by atoms with Crippen LogP contribution >= 0.6 is 0 Å². The minimum atomic E-state index is -1.99. The van der Waals surface area contributed by atoms with E-state index in [-0.39, 0.29) is 68.5 Å². The number of nitrogens with two attached hydrogens (primary N) is 1. The number of anilines is 1. The van der Waals surface area contributed by atoms with Gasteiger partial charge in [-0.05, 0) is 75.1 Å². The highest BCUT2D eigenvalue weighted by molar-refractivity contribution is 5.96. The van der Waals surface area contributed by atoms with Crippen LogP contribution in [0.3, 0.4) is 0 Å². The van der Waals surface area contributed by atoms with Gasteiger partial charge in [-0.1, -0.05) is 106 Å². The topological polar surface area (TPSA) is 358 Å². The second-order valence-corrected chi connectivity index (χ2v) is 20.8. The van der Waals surface area contributed by atoms with Gasteiger partial charge < -0.3 is 71.0 Å². The largest absolute Gasteiger partial charge is 0.481 e. The number of aliphatic hydroxyl groups excluding tert-OH is 9. The van der Waals surface area contributed by atoms with Crippen molar-refractivity contribution < 1.29 is 94.0 Å². The van der Waals surface area contributed by atoms with E-state index in [2.05, 4.69) is 0 Å². The van der Waals surface area contributed by atoms with Crippen LogP contribution in [0.1, 0.15) is 115 Å². The lowest BCUT2D eigenvalue weighted by atomic mass is 9.83. The highest BCUT2D eigenvalue weighted by atomic mass is 16.7. The molecule has 0 spiro atoms. The number of cyclic esters (lactones) is 1. The number of aliphatic hydroxyl groups is 9. The van der Waals surface area contributed by atoms with Gasteiger partial charge in [0.2, 0.25) is 12.1 Å². The van der Waals surface area contributed by atoms with Crippen LogP contribution in [0.15, 0.2) is 109 Å². The third-order valence-corrected chi connectivity index (χ3v) is 13.7. The number of aliphatic carboxylic acids is 1. The molecule has 0 aliphatic carbocycles. The molecule has 1 unspecified atom stereocenters. The van der Waals surface area contributed by atoms with Crippen LogP contribution in [0, 0.1) is 23.7 Å². The molecule has 1 aromatic rings. The lowest BCUT2D eigenvalue weighted by Gasteiger charge is -2.35. The molecule has 0 radical (unpaired) electrons. The van der Waals surface area contributed by atoms with Crippen molar-refractivity contribution in [1.29, 1.82) is 0 Å². The van der Waals surface area contributed by atoms with E-state index >= 15 is 0 Å². The van der Waals surface area contributed by atoms with Crippen molar-refractivity contribution in [2.45, 2.75) is 184 Å². The zero-order chi connectivity index (χ0) is 58.8. The van der Waals surface area contributed by atoms with Gasteiger partial charge in [0.25, 0.3) is 0 Å². The number of allylic oxidation sites excluding steroid dienone is 12. The Balaban J connectivity index is 1.83. The molecule has 2 aliphatic heterocycles. The van der Waals surface area contributed by atoms with E-state index in [1.54, 1.807) is 91.1 Å². The van der Waals surface area contributed by atoms with Crippen LogP contribution in [-0.4, -0.2) is 166 Å². The number of carboxylic acids is 1. The van der Waals surface area contributed by atoms with E-state index in [4.69, 9.17) is 19.9 Å². The first-order valence-electron chi connectivity index (χ1n) is 26.9. The van der Waals surface area contributed by atoms with Gasteiger partial charge in [-0.3, -0.25) is 28.8 Å². The van der Waals surface area contributed by atoms with Crippen LogP contribution < -0.4 is 5.73 Å². The first-order chi connectivity index (χ1) is 37.4. The van der Waals surface area contributed by atoms with Crippen LogP contribution in [-0.2, 0) is 38.2 Å². The number of esters is 1. The second-order valence-electron chi connectivity index (χ2n) is 20.8. The van der Waals surface area contributed by atoms with E-state index in [0.29, 0.717) is 17.7 Å². The van der Waals surface area contributed by atoms with E-state index < -0.39 is 140 Å². The molecule has 0 bridgehead atoms. The number of rotatable bonds is 10. The number of nitrogen functional groups attached to an aromatic ring is 1. The standard InChI is InChI=1S/C59H83NO19/c1-35-18-15-13-11-9-7-5-6-8-10-12-14-16-21-47(78-59-56(74)55(73)54(72)38(4)77-59)33-51(70)53(58(75)76)50(69)31-46(66)30-45(65)29-44(64)28-43(63)27-41(61)19-17-20-42(62)32-52(71)79-57(35)37(3)26-36(2)48(67)34-49(68)39-22-24-40(60)25-23-39/h5-16,18,21-25,35-38,42-45,47-48,50-51,53-55,57,59,62-65,67,69-70,72-73H,17,19-20,26-34,60H2,1-4H3,(H,75,76)/t35-,36+,37-,38-,42-,43+,44+,45+,47+,48+,50-,51-,53-,54+,55?,57+,59-/m0/s1. The number of ether oxygens (including phenoxy) is 3. The lowest BCUT2D eigenvalue weighted by Crippen LogP contribution is -2.55. The quantitative estimate of drug-likeness (QED) is 0.0905. The van der Waals surface area contributed by atoms with Crippen molar-refractivity contribution >= 4 is 40.8 Å². The monoisotopic (exact) mass is 1110 g/mol. The van der Waals surface area contributed by atoms with Crippen LogP contribution in [0.4, 0.5) is 5.69 Å². The summed E-state index contributed by atoms with van der Waals surface area (Å²) in [6, 6.07) is 6.42. The molecule has 20 nitrogen and oxygen atoms in total. The predicted octanol–water partition coefficient (Wildman–Crippen LogP) is 3.65. The Labute approximate surface area is 462 Å². The van der Waals surface area contributed by atoms with Gasteiger partial charge in [0.15, 0.2) is 5.78 Å². The van der Waals surface area contributed by atoms with Crippen LogP contribution in [0.5, 0.6) is 0 Å². The van der Waals surface area contributed by atoms with Crippen molar-refractivity contribution in [3.63, 3.8) is 0 Å². The van der Waals surface area contributed by atoms with E-state index in [1.807, 2.05) is 26.8 Å². The van der Waals surface area contributed by atoms with Gasteiger partial charge in [0.05, 0.1) is 61.4 Å². The molecule has 3 rings (SSSR count). The fraction of sp³-hybridized carbons (Fsp3) is 0.559. The fourth-order valence-electron chi connectivity index (χ4n) is 9.28. The molecule has 79 heavy (non-hydrogen) atoms. The van der Waals surface area contributed by atoms with Crippen molar-refractivity contribution in [1.82, 2.24) is 0 Å². The Morgan fingerprint density at radius 3 is 1.80 bits per heavy atom. The molecule has 1 aromatic carbocycles. The second kappa shape index (κ2) is 35.2. The number of carbonyl (C=O) groups is 6. The molecule has 1 fully saturated rings. The van der Waals surface area contributed by atoms with Gasteiger partial charge in [0, 0.05) is 55.7 Å². The third-order valence-electron chi connectivity index (χ3n) is 13.7. The zero-order valence-electron chi connectivity index (χ0n) is 45.4. The van der Waals surface area contributed by atoms with Crippen molar-refractivity contribution in [3.05, 3.63) is 115 Å². The predicted molar refractivity (Wildman–Crippen MR) is 291 cm³/mol. The van der Waals surface area contributed by atoms with E-state index in [1.165, 1.54) is 19.1 Å². The van der Waals surface area contributed by atoms with Crippen molar-refractivity contribution in [2.24, 2.45) is 23.7 Å². The number of hydrogen-bond donors (Lipinski definition) is 11. The maximum absolute atomic E-state index is 13.3. The first kappa shape index (κ1) is 67.7. The average Bonchev–Trinajstić information content (AvgIpc) is 3.36. The summed E-state index contributed by atoms with van der Waals surface area (Å²) in [4.78, 5) is 77.1. The molecule has 2 heterocycles. The minimum Gasteiger partial charge on any atom is -0.481 e. The molecule has 2 aliphatic rings. The van der Waals surface area contributed by atoms with E-state index in [9.17, 15) is 79.8 Å². The molecular formula is C59H83NO19. The summed E-state index contributed by atoms with van der Waals surface area (Å²) < 4.78 is 17.2. The van der Waals surface area contributed by atoms with Gasteiger partial charge in [0.1, 0.15) is 35.8 Å². The number of ketones is 4. The zero-order valence-corrected chi connectivity index (χ0v) is 45.4. The summed E-state index contributed by atoms with van der Waals surface area (Å²) in [6.07, 6.45) is 1.91. The molecule has 20 heteroatoms. The number of Topliss-reactive ketones (excluding diaryl/α,β-unsaturated/α-hetero) is 4. The van der Waals surface area contributed by atoms with Crippen LogP contribution in [0.2, 0.25) is 0 Å². The molecule has 12 N–H and O–H groups in total. The Bertz CT molecular complexity index is 2310. The van der Waals surface area contributed by atoms with Crippen molar-refractivity contribution in [2.75, 3.05) is 5.73 Å². The molecule has 1 saturated heterocycles. The fourth-order valence-corrected chi connectivity index (χ4v) is 9.28. The summed E-state index contributed by atoms with van der Waals surface area (Å²) >= 11 is 0. The smallest absolute Gasteiger partial charge is 0.311 e. The number of carbonyl (C=O) groups excluding carboxylic acids is 5. The summed E-state index contributed by atoms with van der Waals surface area (Å²) in [5.74, 6) is -7.89. The van der Waals surface area contributed by atoms with E-state index in [0.717, 1.165) is 0 Å². The summed E-state index contributed by atoms with van der Waals surface area (Å²) in [7, 11) is 0. The van der Waals surface area contributed by atoms with Gasteiger partial charge >= 0.3 is 11.9 Å². The maximum atomic E-state index is 13.3. The molecule has 0 aromatic heterocycles. The summed E-state index contributed by atoms with van der Waals surface area (Å²) in [5, 5.41) is 106. The summed E-state index contributed by atoms with van der Waals surface area (Å²) in [6.45, 7) is 6.94. The Kier molecular flexibility index (Phi) is 30.1. The molecular weight excluding hydrogens is 1030 g/mol. The third kappa shape index (κ3) is 25.2. The number of benzene rings is 1. The average molecular weight is 1110 g/mol. The highest BCUT2D eigenvalue weighted by Gasteiger charge is 2.44. The summed E-state index contributed by atoms with van der Waals surface area (Å²) in [5.41, 5.74) is 6.68. The van der Waals surface area contributed by atoms with Crippen LogP contribution in [0.25, 0.3) is 0 Å². The Hall–Kier alpha value is -5.62. The minimum absolute atomic E-state index is 0.0460. The molecule has 0 amide bonds. The highest BCUT2D eigenvalue weighted by Crippen LogP contribution is 2.29. The molecule has 438 valence electrons. The number of carboxylic acid groups (broad SMARTS) is 1. The van der Waals surface area contributed by atoms with Gasteiger partial charge in [-0.15, -0.1) is 0 Å². The normalized spacial score (nSPS) is 31.9. The Morgan fingerprint density at radius 2 is 1.23 bits per heavy atom. The van der Waals surface area contributed by atoms with Crippen molar-refractivity contribution in [3.8, 4) is 0 Å². The SMILES string of the molecule is C[C@H](C[C@H](C)[C@@H]1OC(=O)C[C@@H](O)CCCC(=O)C[C@@H](O)C[C@@H](O)C[C@@H](O)CC(=O)C[C@H](O)[C@H](C(=O)O)[C@@H](O)C[C@H](O[C@@H]2O[C@@H](C)[C@@H](O)C(O)C2=O)C=CC=CC=CC=CC=CC=CC=C[C@@H]1C)[C@H](O)CC(=O)c1ccc(N)cc1. The van der Waals surface area contributed by atoms with Gasteiger partial charge in [-0.25, -0.2) is 0 Å². The molecule has 17 atom stereocenters. The first-order valence-corrected chi connectivity index (χ1v) is 26.9. The Morgan fingerprint density at radius 1 is 0.684 bits per heavy atom. The lowest BCUT2D eigenvalue weighted by molar-refractivity contribution is -0.239. The van der Waals surface area contributed by atoms with Gasteiger partial charge in [-0.2, -0.15) is 0 Å². The maximum Gasteiger partial charge on any atom is 0.311 e.